The molecule has 0 saturated heterocycles. The number of thiophene rings is 1. The van der Waals surface area contributed by atoms with Crippen LogP contribution in [-0.2, 0) is 12.8 Å². The summed E-state index contributed by atoms with van der Waals surface area (Å²) in [5, 5.41) is 3.79. The number of nitrogens with zero attached hydrogens (tertiary/aromatic N) is 1. The second-order valence-electron chi connectivity index (χ2n) is 7.21. The van der Waals surface area contributed by atoms with Crippen molar-refractivity contribution in [3.8, 4) is 11.5 Å². The van der Waals surface area contributed by atoms with Crippen molar-refractivity contribution in [1.82, 2.24) is 0 Å². The molecule has 1 heterocycles. The minimum Gasteiger partial charge on any atom is -0.493 e. The van der Waals surface area contributed by atoms with Crippen LogP contribution in [0.1, 0.15) is 39.2 Å². The molecule has 0 fully saturated rings. The first kappa shape index (κ1) is 21.8. The predicted octanol–water partition coefficient (Wildman–Crippen LogP) is 6.25. The second-order valence-corrected chi connectivity index (χ2v) is 9.45. The fraction of sp³-hybridized carbons (Fsp3) is 0.250. The minimum atomic E-state index is -0.0976. The van der Waals surface area contributed by atoms with Crippen LogP contribution in [0.5, 0.6) is 11.5 Å². The number of hydrogen-bond donors (Lipinski definition) is 1. The molecule has 4 rings (SSSR count). The Morgan fingerprint density at radius 1 is 1.13 bits per heavy atom. The highest BCUT2D eigenvalue weighted by Crippen LogP contribution is 2.40. The topological polar surface area (TPSA) is 59.9 Å². The number of nitrogens with one attached hydrogen (secondary N) is 1. The van der Waals surface area contributed by atoms with Crippen LogP contribution in [0.15, 0.2) is 47.5 Å². The van der Waals surface area contributed by atoms with Gasteiger partial charge < -0.3 is 14.8 Å². The van der Waals surface area contributed by atoms with Gasteiger partial charge in [0.2, 0.25) is 0 Å². The van der Waals surface area contributed by atoms with Crippen LogP contribution in [0.3, 0.4) is 0 Å². The molecule has 1 aromatic heterocycles. The number of fused-ring (bicyclic) bond motifs is 1. The molecule has 2 aromatic carbocycles. The predicted molar refractivity (Wildman–Crippen MR) is 135 cm³/mol. The molecule has 5 nitrogen and oxygen atoms in total. The Morgan fingerprint density at radius 3 is 2.65 bits per heavy atom. The van der Waals surface area contributed by atoms with Crippen LogP contribution >= 0.6 is 33.9 Å². The smallest absolute Gasteiger partial charge is 0.259 e. The van der Waals surface area contributed by atoms with E-state index in [0.717, 1.165) is 51.1 Å². The number of carbonyl (C=O) groups excluding carboxylic acids is 1. The Morgan fingerprint density at radius 2 is 1.90 bits per heavy atom. The Balaban J connectivity index is 1.69. The number of hydrogen-bond acceptors (Lipinski definition) is 5. The van der Waals surface area contributed by atoms with Gasteiger partial charge >= 0.3 is 0 Å². The number of aryl methyl sites for hydroxylation is 1. The summed E-state index contributed by atoms with van der Waals surface area (Å²) in [7, 11) is 3.25. The summed E-state index contributed by atoms with van der Waals surface area (Å²) in [6.45, 7) is 0. The van der Waals surface area contributed by atoms with Gasteiger partial charge in [-0.05, 0) is 83.7 Å². The summed E-state index contributed by atoms with van der Waals surface area (Å²) >= 11 is 3.85. The second kappa shape index (κ2) is 9.82. The van der Waals surface area contributed by atoms with Gasteiger partial charge in [0.05, 0.1) is 23.4 Å². The summed E-state index contributed by atoms with van der Waals surface area (Å²) in [6, 6.07) is 13.4. The number of para-hydroxylation sites is 1. The highest BCUT2D eigenvalue weighted by Gasteiger charge is 2.25. The minimum absolute atomic E-state index is 0.0976. The van der Waals surface area contributed by atoms with Crippen molar-refractivity contribution in [3.63, 3.8) is 0 Å². The molecular formula is C24H23IN2O3S. The number of rotatable bonds is 6. The number of benzene rings is 2. The quantitative estimate of drug-likeness (QED) is 0.294. The number of aliphatic imine (C=N–C) groups is 1. The molecule has 1 amide bonds. The Kier molecular flexibility index (Phi) is 6.92. The van der Waals surface area contributed by atoms with E-state index in [9.17, 15) is 4.79 Å². The number of ether oxygens (including phenoxy) is 2. The fourth-order valence-corrected chi connectivity index (χ4v) is 5.81. The average Bonchev–Trinajstić information content (AvgIpc) is 3.16. The molecule has 31 heavy (non-hydrogen) atoms. The van der Waals surface area contributed by atoms with E-state index in [4.69, 9.17) is 14.5 Å². The van der Waals surface area contributed by atoms with Gasteiger partial charge in [-0.15, -0.1) is 11.3 Å². The fourth-order valence-electron chi connectivity index (χ4n) is 3.74. The number of methoxy groups -OCH3 is 2. The van der Waals surface area contributed by atoms with Crippen molar-refractivity contribution >= 4 is 56.7 Å². The van der Waals surface area contributed by atoms with Crippen LogP contribution < -0.4 is 14.8 Å². The molecule has 0 radical (unpaired) electrons. The Hall–Kier alpha value is -2.39. The normalized spacial score (nSPS) is 13.1. The van der Waals surface area contributed by atoms with Crippen LogP contribution in [0.4, 0.5) is 10.7 Å². The number of anilines is 1. The molecule has 0 aliphatic heterocycles. The molecule has 1 aliphatic rings. The monoisotopic (exact) mass is 546 g/mol. The molecular weight excluding hydrogens is 523 g/mol. The third kappa shape index (κ3) is 4.77. The van der Waals surface area contributed by atoms with Gasteiger partial charge in [0.15, 0.2) is 11.5 Å². The summed E-state index contributed by atoms with van der Waals surface area (Å²) in [5.74, 6) is 1.26. The lowest BCUT2D eigenvalue weighted by molar-refractivity contribution is 0.102. The van der Waals surface area contributed by atoms with Gasteiger partial charge in [-0.1, -0.05) is 18.2 Å². The molecule has 160 valence electrons. The first-order valence-corrected chi connectivity index (χ1v) is 12.0. The highest BCUT2D eigenvalue weighted by molar-refractivity contribution is 14.1. The zero-order chi connectivity index (χ0) is 21.8. The Bertz CT molecular complexity index is 1130. The molecule has 0 spiro atoms. The standard InChI is InChI=1S/C24H23IN2O3S/c1-29-19-13-15(12-18(25)22(19)30-2)14-26-24-21(17-10-6-7-11-20(17)31-24)23(28)27-16-8-4-3-5-9-16/h3-5,8-9,12-14H,6-7,10-11H2,1-2H3,(H,27,28). The maximum Gasteiger partial charge on any atom is 0.259 e. The first-order valence-electron chi connectivity index (χ1n) is 10.1. The van der Waals surface area contributed by atoms with Gasteiger partial charge in [0, 0.05) is 16.8 Å². The van der Waals surface area contributed by atoms with Crippen LogP contribution in [-0.4, -0.2) is 26.3 Å². The van der Waals surface area contributed by atoms with Crippen LogP contribution in [0.25, 0.3) is 0 Å². The van der Waals surface area contributed by atoms with Crippen LogP contribution in [0.2, 0.25) is 0 Å². The number of carbonyl (C=O) groups is 1. The molecule has 1 N–H and O–H groups in total. The van der Waals surface area contributed by atoms with Crippen LogP contribution in [0, 0.1) is 3.57 Å². The summed E-state index contributed by atoms with van der Waals surface area (Å²) < 4.78 is 11.8. The van der Waals surface area contributed by atoms with Gasteiger partial charge in [0.1, 0.15) is 5.00 Å². The van der Waals surface area contributed by atoms with E-state index in [1.165, 1.54) is 4.88 Å². The molecule has 0 bridgehead atoms. The molecule has 3 aromatic rings. The van der Waals surface area contributed by atoms with Crippen molar-refractivity contribution in [2.45, 2.75) is 25.7 Å². The van der Waals surface area contributed by atoms with Gasteiger partial charge in [-0.3, -0.25) is 4.79 Å². The van der Waals surface area contributed by atoms with Gasteiger partial charge in [-0.25, -0.2) is 4.99 Å². The van der Waals surface area contributed by atoms with E-state index in [-0.39, 0.29) is 5.91 Å². The Labute approximate surface area is 199 Å². The third-order valence-corrected chi connectivity index (χ3v) is 7.20. The molecule has 7 heteroatoms. The summed E-state index contributed by atoms with van der Waals surface area (Å²) in [4.78, 5) is 19.2. The zero-order valence-electron chi connectivity index (χ0n) is 17.4. The third-order valence-electron chi connectivity index (χ3n) is 5.20. The van der Waals surface area contributed by atoms with Gasteiger partial charge in [0.25, 0.3) is 5.91 Å². The summed E-state index contributed by atoms with van der Waals surface area (Å²) in [5.41, 5.74) is 3.53. The highest BCUT2D eigenvalue weighted by atomic mass is 127. The largest absolute Gasteiger partial charge is 0.493 e. The van der Waals surface area contributed by atoms with E-state index < -0.39 is 0 Å². The first-order chi connectivity index (χ1) is 15.1. The molecule has 0 unspecified atom stereocenters. The van der Waals surface area contributed by atoms with E-state index >= 15 is 0 Å². The number of amides is 1. The van der Waals surface area contributed by atoms with E-state index in [1.807, 2.05) is 42.5 Å². The van der Waals surface area contributed by atoms with Crippen molar-refractivity contribution in [2.75, 3.05) is 19.5 Å². The summed E-state index contributed by atoms with van der Waals surface area (Å²) in [6.07, 6.45) is 5.99. The SMILES string of the molecule is COc1cc(C=Nc2sc3c(c2C(=O)Nc2ccccc2)CCCC3)cc(I)c1OC. The molecule has 1 aliphatic carbocycles. The molecule has 0 saturated carbocycles. The zero-order valence-corrected chi connectivity index (χ0v) is 20.4. The van der Waals surface area contributed by atoms with E-state index in [1.54, 1.807) is 31.8 Å². The van der Waals surface area contributed by atoms with Gasteiger partial charge in [-0.2, -0.15) is 0 Å². The van der Waals surface area contributed by atoms with Crippen molar-refractivity contribution in [3.05, 3.63) is 67.6 Å². The lowest BCUT2D eigenvalue weighted by atomic mass is 9.95. The average molecular weight is 546 g/mol. The lowest BCUT2D eigenvalue weighted by Gasteiger charge is -2.12. The van der Waals surface area contributed by atoms with E-state index in [0.29, 0.717) is 17.1 Å². The van der Waals surface area contributed by atoms with Crippen molar-refractivity contribution < 1.29 is 14.3 Å². The lowest BCUT2D eigenvalue weighted by Crippen LogP contribution is -2.14. The molecule has 0 atom stereocenters. The maximum absolute atomic E-state index is 13.2. The number of halogens is 1. The maximum atomic E-state index is 13.2. The van der Waals surface area contributed by atoms with E-state index in [2.05, 4.69) is 27.9 Å². The van der Waals surface area contributed by atoms with Crippen molar-refractivity contribution in [1.29, 1.82) is 0 Å². The van der Waals surface area contributed by atoms with Crippen molar-refractivity contribution in [2.24, 2.45) is 4.99 Å².